The van der Waals surface area contributed by atoms with Gasteiger partial charge in [-0.25, -0.2) is 5.48 Å². The molecule has 18 heavy (non-hydrogen) atoms. The van der Waals surface area contributed by atoms with Crippen molar-refractivity contribution in [3.05, 3.63) is 34.9 Å². The minimum atomic E-state index is 0.106. The van der Waals surface area contributed by atoms with Gasteiger partial charge in [-0.1, -0.05) is 43.1 Å². The number of guanidine groups is 1. The highest BCUT2D eigenvalue weighted by Gasteiger charge is 1.94. The molecule has 0 saturated heterocycles. The van der Waals surface area contributed by atoms with Crippen LogP contribution in [-0.4, -0.2) is 18.8 Å². The van der Waals surface area contributed by atoms with Crippen LogP contribution in [0.1, 0.15) is 25.3 Å². The fourth-order valence-corrected chi connectivity index (χ4v) is 1.28. The molecule has 1 aromatic rings. The molecule has 0 unspecified atom stereocenters. The van der Waals surface area contributed by atoms with Crippen LogP contribution >= 0.6 is 11.6 Å². The summed E-state index contributed by atoms with van der Waals surface area (Å²) in [7, 11) is 0. The van der Waals surface area contributed by atoms with Gasteiger partial charge >= 0.3 is 0 Å². The van der Waals surface area contributed by atoms with Crippen LogP contribution in [0.5, 0.6) is 0 Å². The Morgan fingerprint density at radius 3 is 3.00 bits per heavy atom. The number of nitrogens with zero attached hydrogens (tertiary/aromatic N) is 2. The van der Waals surface area contributed by atoms with Crippen molar-refractivity contribution >= 4 is 23.8 Å². The van der Waals surface area contributed by atoms with Crippen LogP contribution in [0.3, 0.4) is 0 Å². The zero-order valence-electron chi connectivity index (χ0n) is 10.3. The van der Waals surface area contributed by atoms with Gasteiger partial charge in [0, 0.05) is 10.6 Å². The number of benzene rings is 1. The van der Waals surface area contributed by atoms with Crippen molar-refractivity contribution in [3.8, 4) is 0 Å². The zero-order valence-corrected chi connectivity index (χ0v) is 11.0. The Hall–Kier alpha value is -1.59. The topological polar surface area (TPSA) is 72.0 Å². The molecule has 0 radical (unpaired) electrons. The van der Waals surface area contributed by atoms with Crippen molar-refractivity contribution in [1.82, 2.24) is 5.48 Å². The van der Waals surface area contributed by atoms with E-state index < -0.39 is 0 Å². The van der Waals surface area contributed by atoms with E-state index in [0.29, 0.717) is 11.6 Å². The van der Waals surface area contributed by atoms with Gasteiger partial charge in [-0.15, -0.1) is 5.10 Å². The predicted molar refractivity (Wildman–Crippen MR) is 74.7 cm³/mol. The lowest BCUT2D eigenvalue weighted by Gasteiger charge is -2.03. The van der Waals surface area contributed by atoms with E-state index in [-0.39, 0.29) is 5.96 Å². The average Bonchev–Trinajstić information content (AvgIpc) is 2.37. The molecule has 1 aromatic carbocycles. The number of hydroxylamine groups is 1. The SMILES string of the molecule is CCCCONC(N)=N/N=C/c1ccccc1Cl. The van der Waals surface area contributed by atoms with Crippen molar-refractivity contribution in [2.24, 2.45) is 15.9 Å². The highest BCUT2D eigenvalue weighted by atomic mass is 35.5. The maximum absolute atomic E-state index is 5.95. The summed E-state index contributed by atoms with van der Waals surface area (Å²) in [6.07, 6.45) is 3.55. The summed E-state index contributed by atoms with van der Waals surface area (Å²) in [4.78, 5) is 5.06. The number of rotatable bonds is 6. The summed E-state index contributed by atoms with van der Waals surface area (Å²) >= 11 is 5.95. The second kappa shape index (κ2) is 8.49. The summed E-state index contributed by atoms with van der Waals surface area (Å²) in [5, 5.41) is 8.15. The van der Waals surface area contributed by atoms with E-state index in [1.54, 1.807) is 6.07 Å². The Balaban J connectivity index is 2.40. The first-order valence-corrected chi connectivity index (χ1v) is 6.10. The van der Waals surface area contributed by atoms with Crippen molar-refractivity contribution in [1.29, 1.82) is 0 Å². The first kappa shape index (κ1) is 14.5. The summed E-state index contributed by atoms with van der Waals surface area (Å²) in [5.74, 6) is 0.106. The van der Waals surface area contributed by atoms with Crippen molar-refractivity contribution < 1.29 is 4.84 Å². The van der Waals surface area contributed by atoms with Crippen LogP contribution < -0.4 is 11.2 Å². The van der Waals surface area contributed by atoms with Crippen LogP contribution in [0, 0.1) is 0 Å². The van der Waals surface area contributed by atoms with E-state index in [2.05, 4.69) is 22.6 Å². The second-order valence-corrected chi connectivity index (χ2v) is 3.96. The second-order valence-electron chi connectivity index (χ2n) is 3.56. The third kappa shape index (κ3) is 5.65. The van der Waals surface area contributed by atoms with Crippen LogP contribution in [-0.2, 0) is 4.84 Å². The average molecular weight is 269 g/mol. The lowest BCUT2D eigenvalue weighted by atomic mass is 10.2. The molecule has 0 aliphatic rings. The molecule has 0 spiro atoms. The van der Waals surface area contributed by atoms with E-state index >= 15 is 0 Å². The summed E-state index contributed by atoms with van der Waals surface area (Å²) in [6, 6.07) is 7.33. The molecule has 5 nitrogen and oxygen atoms in total. The zero-order chi connectivity index (χ0) is 13.2. The standard InChI is InChI=1S/C12H17ClN4O/c1-2-3-8-18-17-12(14)16-15-9-10-6-4-5-7-11(10)13/h4-7,9H,2-3,8H2,1H3,(H3,14,16,17)/b15-9+. The highest BCUT2D eigenvalue weighted by molar-refractivity contribution is 6.33. The molecule has 1 rings (SSSR count). The summed E-state index contributed by atoms with van der Waals surface area (Å²) < 4.78 is 0. The van der Waals surface area contributed by atoms with Gasteiger partial charge in [0.1, 0.15) is 0 Å². The van der Waals surface area contributed by atoms with Crippen molar-refractivity contribution in [2.45, 2.75) is 19.8 Å². The van der Waals surface area contributed by atoms with Gasteiger partial charge in [0.15, 0.2) is 0 Å². The van der Waals surface area contributed by atoms with Gasteiger partial charge in [0.05, 0.1) is 12.8 Å². The summed E-state index contributed by atoms with van der Waals surface area (Å²) in [5.41, 5.74) is 8.80. The molecular formula is C12H17ClN4O. The van der Waals surface area contributed by atoms with Gasteiger partial charge in [0.2, 0.25) is 5.96 Å². The molecule has 0 aliphatic carbocycles. The number of nitrogens with two attached hydrogens (primary N) is 1. The minimum absolute atomic E-state index is 0.106. The molecule has 0 aromatic heterocycles. The van der Waals surface area contributed by atoms with Gasteiger partial charge < -0.3 is 5.73 Å². The quantitative estimate of drug-likeness (QED) is 0.360. The lowest BCUT2D eigenvalue weighted by molar-refractivity contribution is 0.0816. The Morgan fingerprint density at radius 2 is 2.28 bits per heavy atom. The molecule has 6 heteroatoms. The maximum Gasteiger partial charge on any atom is 0.237 e. The number of unbranched alkanes of at least 4 members (excludes halogenated alkanes) is 1. The van der Waals surface area contributed by atoms with Gasteiger partial charge in [0.25, 0.3) is 0 Å². The molecule has 3 N–H and O–H groups in total. The Morgan fingerprint density at radius 1 is 1.50 bits per heavy atom. The van der Waals surface area contributed by atoms with E-state index in [4.69, 9.17) is 22.2 Å². The molecule has 0 fully saturated rings. The number of hydrogen-bond donors (Lipinski definition) is 2. The molecular weight excluding hydrogens is 252 g/mol. The summed E-state index contributed by atoms with van der Waals surface area (Å²) in [6.45, 7) is 2.66. The van der Waals surface area contributed by atoms with Gasteiger partial charge in [-0.3, -0.25) is 4.84 Å². The fourth-order valence-electron chi connectivity index (χ4n) is 1.09. The van der Waals surface area contributed by atoms with E-state index in [9.17, 15) is 0 Å². The number of nitrogens with one attached hydrogen (secondary N) is 1. The first-order valence-electron chi connectivity index (χ1n) is 5.73. The number of halogens is 1. The molecule has 0 saturated carbocycles. The van der Waals surface area contributed by atoms with Crippen LogP contribution in [0.15, 0.2) is 34.5 Å². The highest BCUT2D eigenvalue weighted by Crippen LogP contribution is 2.12. The molecule has 0 aliphatic heterocycles. The monoisotopic (exact) mass is 268 g/mol. The molecule has 0 atom stereocenters. The van der Waals surface area contributed by atoms with Crippen LogP contribution in [0.2, 0.25) is 5.02 Å². The van der Waals surface area contributed by atoms with Gasteiger partial charge in [-0.2, -0.15) is 5.10 Å². The maximum atomic E-state index is 5.95. The Kier molecular flexibility index (Phi) is 6.83. The first-order chi connectivity index (χ1) is 8.74. The van der Waals surface area contributed by atoms with Crippen LogP contribution in [0.4, 0.5) is 0 Å². The van der Waals surface area contributed by atoms with E-state index in [0.717, 1.165) is 18.4 Å². The predicted octanol–water partition coefficient (Wildman–Crippen LogP) is 2.31. The van der Waals surface area contributed by atoms with Crippen molar-refractivity contribution in [3.63, 3.8) is 0 Å². The Bertz CT molecular complexity index is 420. The van der Waals surface area contributed by atoms with Crippen LogP contribution in [0.25, 0.3) is 0 Å². The smallest absolute Gasteiger partial charge is 0.237 e. The Labute approximate surface area is 112 Å². The third-order valence-electron chi connectivity index (χ3n) is 2.04. The molecule has 0 amide bonds. The van der Waals surface area contributed by atoms with E-state index in [1.165, 1.54) is 6.21 Å². The lowest BCUT2D eigenvalue weighted by Crippen LogP contribution is -2.31. The largest absolute Gasteiger partial charge is 0.367 e. The van der Waals surface area contributed by atoms with Crippen molar-refractivity contribution in [2.75, 3.05) is 6.61 Å². The normalized spacial score (nSPS) is 12.0. The van der Waals surface area contributed by atoms with E-state index in [1.807, 2.05) is 18.2 Å². The third-order valence-corrected chi connectivity index (χ3v) is 2.39. The fraction of sp³-hybridized carbons (Fsp3) is 0.333. The molecule has 98 valence electrons. The number of hydrogen-bond acceptors (Lipinski definition) is 3. The van der Waals surface area contributed by atoms with Gasteiger partial charge in [-0.05, 0) is 12.5 Å². The molecule has 0 bridgehead atoms. The minimum Gasteiger partial charge on any atom is -0.367 e. The molecule has 0 heterocycles.